The van der Waals surface area contributed by atoms with Gasteiger partial charge >= 0.3 is 6.18 Å². The van der Waals surface area contributed by atoms with Crippen LogP contribution in [0.15, 0.2) is 18.2 Å². The van der Waals surface area contributed by atoms with Crippen LogP contribution < -0.4 is 10.6 Å². The number of hydrogen-bond acceptors (Lipinski definition) is 7. The Morgan fingerprint density at radius 1 is 1.29 bits per heavy atom. The van der Waals surface area contributed by atoms with E-state index >= 15 is 0 Å². The van der Waals surface area contributed by atoms with E-state index in [4.69, 9.17) is 18.9 Å². The summed E-state index contributed by atoms with van der Waals surface area (Å²) >= 11 is 0. The van der Waals surface area contributed by atoms with Crippen molar-refractivity contribution in [2.24, 2.45) is 0 Å². The van der Waals surface area contributed by atoms with Crippen LogP contribution in [0.1, 0.15) is 19.5 Å². The van der Waals surface area contributed by atoms with E-state index in [9.17, 15) is 18.0 Å². The van der Waals surface area contributed by atoms with Crippen LogP contribution >= 0.6 is 0 Å². The molecule has 2 N–H and O–H groups in total. The van der Waals surface area contributed by atoms with Gasteiger partial charge in [-0.25, -0.2) is 4.98 Å². The summed E-state index contributed by atoms with van der Waals surface area (Å²) in [6.07, 6.45) is -5.99. The van der Waals surface area contributed by atoms with Crippen LogP contribution in [0.3, 0.4) is 0 Å². The van der Waals surface area contributed by atoms with Crippen LogP contribution in [0.5, 0.6) is 0 Å². The average molecular weight is 403 g/mol. The van der Waals surface area contributed by atoms with Crippen LogP contribution in [0.25, 0.3) is 0 Å². The summed E-state index contributed by atoms with van der Waals surface area (Å²) in [7, 11) is 0. The summed E-state index contributed by atoms with van der Waals surface area (Å²) in [6, 6.07) is 2.93. The number of anilines is 1. The normalized spacial score (nSPS) is 36.0. The van der Waals surface area contributed by atoms with Gasteiger partial charge in [-0.3, -0.25) is 4.79 Å². The maximum atomic E-state index is 13.0. The van der Waals surface area contributed by atoms with E-state index in [-0.39, 0.29) is 19.0 Å². The van der Waals surface area contributed by atoms with E-state index < -0.39 is 47.8 Å². The number of ether oxygens (including phenoxy) is 4. The highest BCUT2D eigenvalue weighted by atomic mass is 19.4. The maximum Gasteiger partial charge on any atom is 0.433 e. The van der Waals surface area contributed by atoms with Crippen molar-refractivity contribution in [3.8, 4) is 0 Å². The van der Waals surface area contributed by atoms with Crippen molar-refractivity contribution < 1.29 is 36.9 Å². The summed E-state index contributed by atoms with van der Waals surface area (Å²) < 4.78 is 62.6. The lowest BCUT2D eigenvalue weighted by Gasteiger charge is -2.42. The zero-order valence-corrected chi connectivity index (χ0v) is 15.2. The Kier molecular flexibility index (Phi) is 4.53. The highest BCUT2D eigenvalue weighted by Gasteiger charge is 2.65. The predicted octanol–water partition coefficient (Wildman–Crippen LogP) is 1.27. The molecule has 0 unspecified atom stereocenters. The SMILES string of the molecule is CC1(C)O[C@@H]2[C@@H](Nc3cccc(C(F)(F)F)n3)[C@H]3OC[C@](CNC=O)(O3)[C@@H]2O1. The Bertz CT molecular complexity index is 762. The minimum absolute atomic E-state index is 0.0181. The molecular formula is C17H20F3N3O5. The molecule has 0 aromatic carbocycles. The van der Waals surface area contributed by atoms with Crippen molar-refractivity contribution in [2.75, 3.05) is 18.5 Å². The van der Waals surface area contributed by atoms with Gasteiger partial charge in [0.05, 0.1) is 13.2 Å². The Balaban J connectivity index is 1.61. The minimum Gasteiger partial charge on any atom is -0.360 e. The molecule has 0 aliphatic carbocycles. The quantitative estimate of drug-likeness (QED) is 0.716. The standard InChI is InChI=1S/C17H20F3N3O5/c1-15(2)26-12-11(23-10-5-3-4-9(22-10)17(18,19)20)14-25-7-16(28-14,6-21-8-24)13(12)27-15/h3-5,8,11-14H,6-7H2,1-2H3,(H,21,24)(H,22,23)/t11-,12-,13-,14+,16+/m1/s1. The molecule has 1 aromatic heterocycles. The molecule has 154 valence electrons. The molecule has 11 heteroatoms. The van der Waals surface area contributed by atoms with Crippen LogP contribution in [0, 0.1) is 0 Å². The maximum absolute atomic E-state index is 13.0. The molecule has 3 aliphatic heterocycles. The highest BCUT2D eigenvalue weighted by Crippen LogP contribution is 2.46. The summed E-state index contributed by atoms with van der Waals surface area (Å²) in [5.41, 5.74) is -1.95. The van der Waals surface area contributed by atoms with E-state index in [2.05, 4.69) is 15.6 Å². The lowest BCUT2D eigenvalue weighted by molar-refractivity contribution is -0.187. The number of hydrogen-bond donors (Lipinski definition) is 2. The molecule has 3 saturated heterocycles. The number of halogens is 3. The van der Waals surface area contributed by atoms with E-state index in [0.29, 0.717) is 6.41 Å². The first-order chi connectivity index (χ1) is 13.1. The molecule has 0 spiro atoms. The van der Waals surface area contributed by atoms with Gasteiger partial charge in [0.2, 0.25) is 6.41 Å². The predicted molar refractivity (Wildman–Crippen MR) is 88.1 cm³/mol. The topological polar surface area (TPSA) is 90.9 Å². The fourth-order valence-electron chi connectivity index (χ4n) is 3.86. The molecule has 1 amide bonds. The van der Waals surface area contributed by atoms with Gasteiger partial charge in [0, 0.05) is 0 Å². The average Bonchev–Trinajstić information content (AvgIpc) is 3.17. The number of carbonyl (C=O) groups excluding carboxylic acids is 1. The van der Waals surface area contributed by atoms with Crippen LogP contribution in [-0.2, 0) is 29.9 Å². The van der Waals surface area contributed by atoms with Gasteiger partial charge in [0.25, 0.3) is 0 Å². The molecule has 3 aliphatic rings. The summed E-state index contributed by atoms with van der Waals surface area (Å²) in [5.74, 6) is -0.914. The van der Waals surface area contributed by atoms with Gasteiger partial charge in [-0.2, -0.15) is 13.2 Å². The Labute approximate surface area is 158 Å². The summed E-state index contributed by atoms with van der Waals surface area (Å²) in [4.78, 5) is 14.4. The van der Waals surface area contributed by atoms with E-state index in [1.807, 2.05) is 0 Å². The van der Waals surface area contributed by atoms with Gasteiger partial charge < -0.3 is 29.6 Å². The van der Waals surface area contributed by atoms with Crippen molar-refractivity contribution in [3.05, 3.63) is 23.9 Å². The highest BCUT2D eigenvalue weighted by molar-refractivity contribution is 5.46. The van der Waals surface area contributed by atoms with Crippen LogP contribution in [0.4, 0.5) is 19.0 Å². The second kappa shape index (κ2) is 6.55. The Hall–Kier alpha value is -1.95. The number of nitrogens with one attached hydrogen (secondary N) is 2. The molecule has 2 bridgehead atoms. The third-order valence-electron chi connectivity index (χ3n) is 4.98. The van der Waals surface area contributed by atoms with Gasteiger partial charge in [-0.15, -0.1) is 0 Å². The lowest BCUT2D eigenvalue weighted by Crippen LogP contribution is -2.64. The van der Waals surface area contributed by atoms with Crippen molar-refractivity contribution >= 4 is 12.2 Å². The number of alkyl halides is 3. The number of nitrogens with zero attached hydrogens (tertiary/aromatic N) is 1. The molecular weight excluding hydrogens is 383 g/mol. The number of rotatable bonds is 5. The molecule has 5 atom stereocenters. The van der Waals surface area contributed by atoms with Crippen molar-refractivity contribution in [3.63, 3.8) is 0 Å². The van der Waals surface area contributed by atoms with E-state index in [0.717, 1.165) is 6.07 Å². The van der Waals surface area contributed by atoms with Crippen LogP contribution in [-0.4, -0.2) is 60.5 Å². The number of amides is 1. The number of fused-ring (bicyclic) bond motifs is 4. The monoisotopic (exact) mass is 403 g/mol. The first-order valence-corrected chi connectivity index (χ1v) is 8.76. The third kappa shape index (κ3) is 3.32. The second-order valence-corrected chi connectivity index (χ2v) is 7.46. The zero-order chi connectivity index (χ0) is 20.2. The first-order valence-electron chi connectivity index (χ1n) is 8.76. The van der Waals surface area contributed by atoms with E-state index in [1.165, 1.54) is 12.1 Å². The van der Waals surface area contributed by atoms with Gasteiger partial charge in [-0.1, -0.05) is 6.07 Å². The Morgan fingerprint density at radius 3 is 2.79 bits per heavy atom. The van der Waals surface area contributed by atoms with Gasteiger partial charge in [0.1, 0.15) is 35.4 Å². The summed E-state index contributed by atoms with van der Waals surface area (Å²) in [5, 5.41) is 5.53. The fraction of sp³-hybridized carbons (Fsp3) is 0.647. The molecule has 8 nitrogen and oxygen atoms in total. The third-order valence-corrected chi connectivity index (χ3v) is 4.98. The minimum atomic E-state index is -4.56. The molecule has 4 rings (SSSR count). The molecule has 3 fully saturated rings. The first kappa shape index (κ1) is 19.4. The Morgan fingerprint density at radius 2 is 2.07 bits per heavy atom. The van der Waals surface area contributed by atoms with Crippen molar-refractivity contribution in [1.82, 2.24) is 10.3 Å². The molecule has 4 heterocycles. The van der Waals surface area contributed by atoms with Crippen molar-refractivity contribution in [2.45, 2.75) is 56.0 Å². The zero-order valence-electron chi connectivity index (χ0n) is 15.2. The fourth-order valence-corrected chi connectivity index (χ4v) is 3.86. The van der Waals surface area contributed by atoms with Gasteiger partial charge in [-0.05, 0) is 26.0 Å². The molecule has 0 radical (unpaired) electrons. The van der Waals surface area contributed by atoms with Gasteiger partial charge in [0.15, 0.2) is 12.1 Å². The van der Waals surface area contributed by atoms with Crippen molar-refractivity contribution in [1.29, 1.82) is 0 Å². The molecule has 0 saturated carbocycles. The molecule has 1 aromatic rings. The molecule has 28 heavy (non-hydrogen) atoms. The smallest absolute Gasteiger partial charge is 0.360 e. The largest absolute Gasteiger partial charge is 0.433 e. The van der Waals surface area contributed by atoms with Crippen LogP contribution in [0.2, 0.25) is 0 Å². The number of aromatic nitrogens is 1. The number of pyridine rings is 1. The summed E-state index contributed by atoms with van der Waals surface area (Å²) in [6.45, 7) is 3.77. The second-order valence-electron chi connectivity index (χ2n) is 7.46. The number of carbonyl (C=O) groups is 1. The lowest BCUT2D eigenvalue weighted by atomic mass is 9.87. The van der Waals surface area contributed by atoms with E-state index in [1.54, 1.807) is 13.8 Å².